The van der Waals surface area contributed by atoms with Crippen LogP contribution >= 0.6 is 23.2 Å². The Kier molecular flexibility index (Phi) is 3.13. The first-order valence-corrected chi connectivity index (χ1v) is 5.60. The van der Waals surface area contributed by atoms with Crippen molar-refractivity contribution in [1.82, 2.24) is 9.97 Å². The van der Waals surface area contributed by atoms with Crippen molar-refractivity contribution in [2.24, 2.45) is 0 Å². The van der Waals surface area contributed by atoms with E-state index >= 15 is 0 Å². The minimum atomic E-state index is 0.614. The van der Waals surface area contributed by atoms with Crippen LogP contribution in [0.3, 0.4) is 0 Å². The van der Waals surface area contributed by atoms with E-state index < -0.39 is 0 Å². The van der Waals surface area contributed by atoms with Gasteiger partial charge in [-0.25, -0.2) is 9.97 Å². The molecular formula is C12H10Cl2N2. The molecule has 0 saturated carbocycles. The summed E-state index contributed by atoms with van der Waals surface area (Å²) in [4.78, 5) is 8.47. The van der Waals surface area contributed by atoms with Gasteiger partial charge in [0, 0.05) is 23.0 Å². The molecule has 0 saturated heterocycles. The topological polar surface area (TPSA) is 25.8 Å². The van der Waals surface area contributed by atoms with Gasteiger partial charge in [-0.2, -0.15) is 0 Å². The summed E-state index contributed by atoms with van der Waals surface area (Å²) in [5.74, 6) is 0.740. The van der Waals surface area contributed by atoms with E-state index in [0.717, 1.165) is 22.6 Å². The number of hydrogen-bond donors (Lipinski definition) is 0. The minimum absolute atomic E-state index is 0.614. The molecule has 0 unspecified atom stereocenters. The molecule has 0 aliphatic carbocycles. The predicted molar refractivity (Wildman–Crippen MR) is 67.0 cm³/mol. The van der Waals surface area contributed by atoms with Crippen LogP contribution in [0.25, 0.3) is 11.1 Å². The highest BCUT2D eigenvalue weighted by Crippen LogP contribution is 2.35. The molecule has 4 heteroatoms. The summed E-state index contributed by atoms with van der Waals surface area (Å²) in [5, 5.41) is 1.23. The second-order valence-corrected chi connectivity index (χ2v) is 4.33. The van der Waals surface area contributed by atoms with Gasteiger partial charge in [-0.1, -0.05) is 29.3 Å². The third-order valence-corrected chi connectivity index (χ3v) is 2.96. The maximum Gasteiger partial charge on any atom is 0.125 e. The third-order valence-electron chi connectivity index (χ3n) is 2.33. The molecule has 1 heterocycles. The smallest absolute Gasteiger partial charge is 0.125 e. The molecule has 0 amide bonds. The molecule has 0 bridgehead atoms. The molecule has 0 radical (unpaired) electrons. The highest BCUT2D eigenvalue weighted by Gasteiger charge is 2.11. The second kappa shape index (κ2) is 4.40. The highest BCUT2D eigenvalue weighted by atomic mass is 35.5. The summed E-state index contributed by atoms with van der Waals surface area (Å²) in [6.07, 6.45) is 1.75. The SMILES string of the molecule is Cc1ncc(-c2c(Cl)cccc2Cl)c(C)n1. The Morgan fingerprint density at radius 3 is 2.25 bits per heavy atom. The maximum atomic E-state index is 6.14. The molecule has 2 aromatic rings. The van der Waals surface area contributed by atoms with Crippen molar-refractivity contribution >= 4 is 23.2 Å². The molecule has 2 rings (SSSR count). The van der Waals surface area contributed by atoms with Crippen LogP contribution in [-0.2, 0) is 0 Å². The zero-order valence-electron chi connectivity index (χ0n) is 8.96. The number of nitrogens with zero attached hydrogens (tertiary/aromatic N) is 2. The van der Waals surface area contributed by atoms with E-state index in [-0.39, 0.29) is 0 Å². The zero-order valence-corrected chi connectivity index (χ0v) is 10.5. The average Bonchev–Trinajstić information content (AvgIpc) is 2.20. The van der Waals surface area contributed by atoms with E-state index in [9.17, 15) is 0 Å². The van der Waals surface area contributed by atoms with E-state index in [0.29, 0.717) is 10.0 Å². The summed E-state index contributed by atoms with van der Waals surface area (Å²) >= 11 is 12.3. The van der Waals surface area contributed by atoms with Crippen molar-refractivity contribution in [3.05, 3.63) is 46.0 Å². The van der Waals surface area contributed by atoms with Crippen molar-refractivity contribution in [3.63, 3.8) is 0 Å². The van der Waals surface area contributed by atoms with Gasteiger partial charge in [0.1, 0.15) is 5.82 Å². The zero-order chi connectivity index (χ0) is 11.7. The van der Waals surface area contributed by atoms with E-state index in [2.05, 4.69) is 9.97 Å². The van der Waals surface area contributed by atoms with Crippen LogP contribution in [0.5, 0.6) is 0 Å². The standard InChI is InChI=1S/C12H10Cl2N2/c1-7-9(6-15-8(2)16-7)12-10(13)4-3-5-11(12)14/h3-6H,1-2H3. The van der Waals surface area contributed by atoms with Crippen molar-refractivity contribution in [2.75, 3.05) is 0 Å². The van der Waals surface area contributed by atoms with Gasteiger partial charge < -0.3 is 0 Å². The number of hydrogen-bond acceptors (Lipinski definition) is 2. The Labute approximate surface area is 104 Å². The fraction of sp³-hybridized carbons (Fsp3) is 0.167. The molecule has 0 spiro atoms. The molecule has 0 aliphatic rings. The van der Waals surface area contributed by atoms with Crippen LogP contribution in [0.2, 0.25) is 10.0 Å². The molecule has 1 aromatic heterocycles. The van der Waals surface area contributed by atoms with Crippen LogP contribution < -0.4 is 0 Å². The molecule has 1 aromatic carbocycles. The lowest BCUT2D eigenvalue weighted by Crippen LogP contribution is -1.94. The predicted octanol–water partition coefficient (Wildman–Crippen LogP) is 4.07. The summed E-state index contributed by atoms with van der Waals surface area (Å²) in [6.45, 7) is 3.77. The molecule has 0 fully saturated rings. The van der Waals surface area contributed by atoms with E-state index in [4.69, 9.17) is 23.2 Å². The quantitative estimate of drug-likeness (QED) is 0.765. The van der Waals surface area contributed by atoms with Crippen molar-refractivity contribution in [2.45, 2.75) is 13.8 Å². The van der Waals surface area contributed by atoms with Gasteiger partial charge >= 0.3 is 0 Å². The van der Waals surface area contributed by atoms with Crippen LogP contribution in [-0.4, -0.2) is 9.97 Å². The summed E-state index contributed by atoms with van der Waals surface area (Å²) in [7, 11) is 0. The average molecular weight is 253 g/mol. The third kappa shape index (κ3) is 2.04. The lowest BCUT2D eigenvalue weighted by molar-refractivity contribution is 1.01. The van der Waals surface area contributed by atoms with Gasteiger partial charge in [-0.05, 0) is 26.0 Å². The van der Waals surface area contributed by atoms with Gasteiger partial charge in [-0.3, -0.25) is 0 Å². The lowest BCUT2D eigenvalue weighted by atomic mass is 10.1. The fourth-order valence-corrected chi connectivity index (χ4v) is 2.18. The monoisotopic (exact) mass is 252 g/mol. The van der Waals surface area contributed by atoms with Gasteiger partial charge in [0.15, 0.2) is 0 Å². The molecule has 2 nitrogen and oxygen atoms in total. The molecular weight excluding hydrogens is 243 g/mol. The highest BCUT2D eigenvalue weighted by molar-refractivity contribution is 6.39. The van der Waals surface area contributed by atoms with Gasteiger partial charge in [-0.15, -0.1) is 0 Å². The van der Waals surface area contributed by atoms with Crippen LogP contribution in [0.1, 0.15) is 11.5 Å². The number of aromatic nitrogens is 2. The number of rotatable bonds is 1. The first-order valence-electron chi connectivity index (χ1n) is 4.84. The van der Waals surface area contributed by atoms with E-state index in [1.54, 1.807) is 6.20 Å². The fourth-order valence-electron chi connectivity index (χ4n) is 1.58. The van der Waals surface area contributed by atoms with Crippen LogP contribution in [0.4, 0.5) is 0 Å². The Balaban J connectivity index is 2.68. The Morgan fingerprint density at radius 1 is 1.06 bits per heavy atom. The van der Waals surface area contributed by atoms with Crippen LogP contribution in [0, 0.1) is 13.8 Å². The molecule has 16 heavy (non-hydrogen) atoms. The summed E-state index contributed by atoms with van der Waals surface area (Å²) in [5.41, 5.74) is 2.55. The molecule has 0 aliphatic heterocycles. The molecule has 0 N–H and O–H groups in total. The lowest BCUT2D eigenvalue weighted by Gasteiger charge is -2.09. The molecule has 0 atom stereocenters. The Hall–Kier alpha value is -1.12. The van der Waals surface area contributed by atoms with Crippen molar-refractivity contribution in [1.29, 1.82) is 0 Å². The first-order chi connectivity index (χ1) is 7.59. The van der Waals surface area contributed by atoms with Crippen molar-refractivity contribution in [3.8, 4) is 11.1 Å². The Bertz CT molecular complexity index is 518. The maximum absolute atomic E-state index is 6.14. The minimum Gasteiger partial charge on any atom is -0.241 e. The van der Waals surface area contributed by atoms with Gasteiger partial charge in [0.25, 0.3) is 0 Å². The van der Waals surface area contributed by atoms with Gasteiger partial charge in [0.2, 0.25) is 0 Å². The first kappa shape index (κ1) is 11.4. The second-order valence-electron chi connectivity index (χ2n) is 3.51. The number of halogens is 2. The van der Waals surface area contributed by atoms with Gasteiger partial charge in [0.05, 0.1) is 10.0 Å². The summed E-state index contributed by atoms with van der Waals surface area (Å²) in [6, 6.07) is 5.43. The largest absolute Gasteiger partial charge is 0.241 e. The van der Waals surface area contributed by atoms with Crippen LogP contribution in [0.15, 0.2) is 24.4 Å². The van der Waals surface area contributed by atoms with E-state index in [1.165, 1.54) is 0 Å². The van der Waals surface area contributed by atoms with E-state index in [1.807, 2.05) is 32.0 Å². The normalized spacial score (nSPS) is 10.5. The summed E-state index contributed by atoms with van der Waals surface area (Å²) < 4.78 is 0. The molecule has 82 valence electrons. The number of benzene rings is 1. The van der Waals surface area contributed by atoms with Crippen molar-refractivity contribution < 1.29 is 0 Å². The Morgan fingerprint density at radius 2 is 1.69 bits per heavy atom. The number of aryl methyl sites for hydroxylation is 2.